The van der Waals surface area contributed by atoms with Crippen LogP contribution in [0.3, 0.4) is 0 Å². The third-order valence-electron chi connectivity index (χ3n) is 2.15. The van der Waals surface area contributed by atoms with Crippen LogP contribution in [-0.4, -0.2) is 16.8 Å². The van der Waals surface area contributed by atoms with E-state index in [1.807, 2.05) is 13.0 Å². The van der Waals surface area contributed by atoms with Gasteiger partial charge in [-0.05, 0) is 12.1 Å². The van der Waals surface area contributed by atoms with Gasteiger partial charge in [0.1, 0.15) is 17.6 Å². The third-order valence-corrected chi connectivity index (χ3v) is 2.15. The summed E-state index contributed by atoms with van der Waals surface area (Å²) in [5.74, 6) is 1.22. The Morgan fingerprint density at radius 3 is 2.62 bits per heavy atom. The highest BCUT2D eigenvalue weighted by Crippen LogP contribution is 2.23. The fourth-order valence-electron chi connectivity index (χ4n) is 1.12. The van der Waals surface area contributed by atoms with Gasteiger partial charge in [-0.25, -0.2) is 0 Å². The van der Waals surface area contributed by atoms with Crippen molar-refractivity contribution in [3.8, 4) is 0 Å². The quantitative estimate of drug-likeness (QED) is 0.745. The number of furan rings is 1. The Labute approximate surface area is 78.0 Å². The lowest BCUT2D eigenvalue weighted by atomic mass is 10.0. The Kier molecular flexibility index (Phi) is 3.51. The molecule has 74 valence electrons. The van der Waals surface area contributed by atoms with Crippen molar-refractivity contribution >= 4 is 0 Å². The molecule has 2 N–H and O–H groups in total. The SMILES string of the molecule is CCc1ccc([C@H](O)[C@@H](C)CO)o1. The van der Waals surface area contributed by atoms with Gasteiger partial charge in [-0.3, -0.25) is 0 Å². The Morgan fingerprint density at radius 1 is 1.46 bits per heavy atom. The minimum atomic E-state index is -0.703. The minimum absolute atomic E-state index is 0.0384. The predicted octanol–water partition coefficient (Wildman–Crippen LogP) is 1.50. The molecule has 0 radical (unpaired) electrons. The predicted molar refractivity (Wildman–Crippen MR) is 49.3 cm³/mol. The van der Waals surface area contributed by atoms with E-state index in [9.17, 15) is 5.11 Å². The maximum Gasteiger partial charge on any atom is 0.133 e. The highest BCUT2D eigenvalue weighted by Gasteiger charge is 2.18. The molecule has 0 fully saturated rings. The lowest BCUT2D eigenvalue weighted by molar-refractivity contribution is 0.0591. The van der Waals surface area contributed by atoms with Crippen LogP contribution >= 0.6 is 0 Å². The van der Waals surface area contributed by atoms with E-state index < -0.39 is 6.10 Å². The number of aliphatic hydroxyl groups excluding tert-OH is 2. The van der Waals surface area contributed by atoms with E-state index in [-0.39, 0.29) is 12.5 Å². The fourth-order valence-corrected chi connectivity index (χ4v) is 1.12. The van der Waals surface area contributed by atoms with Crippen LogP contribution in [0.1, 0.15) is 31.5 Å². The molecule has 0 saturated heterocycles. The van der Waals surface area contributed by atoms with Crippen molar-refractivity contribution in [2.45, 2.75) is 26.4 Å². The monoisotopic (exact) mass is 184 g/mol. The summed E-state index contributed by atoms with van der Waals surface area (Å²) in [6, 6.07) is 3.61. The van der Waals surface area contributed by atoms with E-state index in [0.29, 0.717) is 5.76 Å². The van der Waals surface area contributed by atoms with Crippen LogP contribution < -0.4 is 0 Å². The summed E-state index contributed by atoms with van der Waals surface area (Å²) in [7, 11) is 0. The fraction of sp³-hybridized carbons (Fsp3) is 0.600. The zero-order valence-corrected chi connectivity index (χ0v) is 8.03. The first-order valence-electron chi connectivity index (χ1n) is 4.56. The summed E-state index contributed by atoms with van der Waals surface area (Å²) in [4.78, 5) is 0. The average molecular weight is 184 g/mol. The second-order valence-electron chi connectivity index (χ2n) is 3.26. The van der Waals surface area contributed by atoms with E-state index in [1.54, 1.807) is 13.0 Å². The highest BCUT2D eigenvalue weighted by atomic mass is 16.4. The van der Waals surface area contributed by atoms with Crippen LogP contribution in [0.15, 0.2) is 16.5 Å². The summed E-state index contributed by atoms with van der Waals surface area (Å²) in [6.45, 7) is 3.73. The van der Waals surface area contributed by atoms with E-state index in [1.165, 1.54) is 0 Å². The molecule has 3 nitrogen and oxygen atoms in total. The molecule has 0 aliphatic heterocycles. The molecule has 1 aromatic rings. The number of hydrogen-bond donors (Lipinski definition) is 2. The number of rotatable bonds is 4. The normalized spacial score (nSPS) is 15.7. The minimum Gasteiger partial charge on any atom is -0.463 e. The molecule has 0 amide bonds. The standard InChI is InChI=1S/C10H16O3/c1-3-8-4-5-9(13-8)10(12)7(2)6-11/h4-5,7,10-12H,3,6H2,1-2H3/t7-,10+/m0/s1. The molecule has 0 bridgehead atoms. The van der Waals surface area contributed by atoms with Crippen molar-refractivity contribution in [2.24, 2.45) is 5.92 Å². The van der Waals surface area contributed by atoms with Gasteiger partial charge in [0, 0.05) is 18.9 Å². The Balaban J connectivity index is 2.70. The molecule has 0 unspecified atom stereocenters. The summed E-state index contributed by atoms with van der Waals surface area (Å²) in [6.07, 6.45) is 0.116. The van der Waals surface area contributed by atoms with Crippen LogP contribution in [0.5, 0.6) is 0 Å². The average Bonchev–Trinajstić information content (AvgIpc) is 2.63. The first kappa shape index (κ1) is 10.3. The number of hydrogen-bond acceptors (Lipinski definition) is 3. The Morgan fingerprint density at radius 2 is 2.15 bits per heavy atom. The second kappa shape index (κ2) is 4.44. The van der Waals surface area contributed by atoms with Gasteiger partial charge in [0.15, 0.2) is 0 Å². The smallest absolute Gasteiger partial charge is 0.133 e. The molecule has 0 spiro atoms. The van der Waals surface area contributed by atoms with Gasteiger partial charge in [0.05, 0.1) is 0 Å². The van der Waals surface area contributed by atoms with E-state index >= 15 is 0 Å². The van der Waals surface area contributed by atoms with Crippen LogP contribution in [-0.2, 0) is 6.42 Å². The maximum atomic E-state index is 9.64. The molecule has 13 heavy (non-hydrogen) atoms. The molecule has 1 aromatic heterocycles. The molecule has 2 atom stereocenters. The molecule has 0 aliphatic carbocycles. The van der Waals surface area contributed by atoms with Crippen LogP contribution in [0.25, 0.3) is 0 Å². The van der Waals surface area contributed by atoms with E-state index in [4.69, 9.17) is 9.52 Å². The zero-order valence-electron chi connectivity index (χ0n) is 8.03. The maximum absolute atomic E-state index is 9.64. The third kappa shape index (κ3) is 2.32. The van der Waals surface area contributed by atoms with Crippen molar-refractivity contribution in [2.75, 3.05) is 6.61 Å². The van der Waals surface area contributed by atoms with Gasteiger partial charge >= 0.3 is 0 Å². The number of aliphatic hydroxyl groups is 2. The number of aryl methyl sites for hydroxylation is 1. The first-order chi connectivity index (χ1) is 6.19. The van der Waals surface area contributed by atoms with Gasteiger partial charge in [0.2, 0.25) is 0 Å². The largest absolute Gasteiger partial charge is 0.463 e. The molecule has 1 heterocycles. The van der Waals surface area contributed by atoms with Gasteiger partial charge in [-0.1, -0.05) is 13.8 Å². The van der Waals surface area contributed by atoms with Gasteiger partial charge in [-0.2, -0.15) is 0 Å². The molecular formula is C10H16O3. The topological polar surface area (TPSA) is 53.6 Å². The molecule has 0 aromatic carbocycles. The highest BCUT2D eigenvalue weighted by molar-refractivity contribution is 5.09. The van der Waals surface area contributed by atoms with Crippen LogP contribution in [0.2, 0.25) is 0 Å². The van der Waals surface area contributed by atoms with Crippen LogP contribution in [0, 0.1) is 5.92 Å². The molecule has 3 heteroatoms. The molecule has 0 aliphatic rings. The van der Waals surface area contributed by atoms with E-state index in [2.05, 4.69) is 0 Å². The van der Waals surface area contributed by atoms with Crippen molar-refractivity contribution in [3.05, 3.63) is 23.7 Å². The van der Waals surface area contributed by atoms with Gasteiger partial charge < -0.3 is 14.6 Å². The Bertz CT molecular complexity index is 254. The lowest BCUT2D eigenvalue weighted by Gasteiger charge is -2.13. The molecule has 1 rings (SSSR count). The molecular weight excluding hydrogens is 168 g/mol. The van der Waals surface area contributed by atoms with Crippen molar-refractivity contribution in [3.63, 3.8) is 0 Å². The first-order valence-corrected chi connectivity index (χ1v) is 4.56. The zero-order chi connectivity index (χ0) is 9.84. The van der Waals surface area contributed by atoms with Crippen molar-refractivity contribution in [1.82, 2.24) is 0 Å². The summed E-state index contributed by atoms with van der Waals surface area (Å²) < 4.78 is 5.36. The van der Waals surface area contributed by atoms with Gasteiger partial charge in [-0.15, -0.1) is 0 Å². The van der Waals surface area contributed by atoms with Gasteiger partial charge in [0.25, 0.3) is 0 Å². The van der Waals surface area contributed by atoms with Crippen LogP contribution in [0.4, 0.5) is 0 Å². The lowest BCUT2D eigenvalue weighted by Crippen LogP contribution is -2.12. The Hall–Kier alpha value is -0.800. The van der Waals surface area contributed by atoms with Crippen molar-refractivity contribution < 1.29 is 14.6 Å². The second-order valence-corrected chi connectivity index (χ2v) is 3.26. The van der Waals surface area contributed by atoms with E-state index in [0.717, 1.165) is 12.2 Å². The van der Waals surface area contributed by atoms with Crippen molar-refractivity contribution in [1.29, 1.82) is 0 Å². The summed E-state index contributed by atoms with van der Waals surface area (Å²) >= 11 is 0. The summed E-state index contributed by atoms with van der Waals surface area (Å²) in [5, 5.41) is 18.5. The molecule has 0 saturated carbocycles. The summed E-state index contributed by atoms with van der Waals surface area (Å²) in [5.41, 5.74) is 0.